The number of anilines is 2. The fourth-order valence-electron chi connectivity index (χ4n) is 6.63. The number of hydrogen-bond donors (Lipinski definition) is 1. The molecule has 0 unspecified atom stereocenters. The Morgan fingerprint density at radius 1 is 0.980 bits per heavy atom. The van der Waals surface area contributed by atoms with Crippen LogP contribution in [0.5, 0.6) is 5.75 Å². The van der Waals surface area contributed by atoms with E-state index in [2.05, 4.69) is 69.6 Å². The molecule has 11 nitrogen and oxygen atoms in total. The lowest BCUT2D eigenvalue weighted by molar-refractivity contribution is -0.108. The van der Waals surface area contributed by atoms with Gasteiger partial charge in [0.05, 0.1) is 18.5 Å². The molecule has 0 spiro atoms. The normalized spacial score (nSPS) is 16.9. The molecule has 2 N–H and O–H groups in total. The van der Waals surface area contributed by atoms with Gasteiger partial charge in [-0.05, 0) is 101 Å². The van der Waals surface area contributed by atoms with Crippen LogP contribution in [0.25, 0.3) is 5.69 Å². The first-order valence-electron chi connectivity index (χ1n) is 18.1. The second kappa shape index (κ2) is 21.4. The van der Waals surface area contributed by atoms with Crippen LogP contribution in [0.3, 0.4) is 0 Å². The van der Waals surface area contributed by atoms with Crippen molar-refractivity contribution in [3.63, 3.8) is 0 Å². The lowest BCUT2D eigenvalue weighted by atomic mass is 9.94. The third-order valence-corrected chi connectivity index (χ3v) is 9.40. The van der Waals surface area contributed by atoms with E-state index < -0.39 is 0 Å². The monoisotopic (exact) mass is 691 g/mol. The first-order valence-corrected chi connectivity index (χ1v) is 18.1. The van der Waals surface area contributed by atoms with Crippen LogP contribution in [-0.4, -0.2) is 111 Å². The number of nitrogens with zero attached hydrogens (tertiary/aromatic N) is 6. The van der Waals surface area contributed by atoms with Gasteiger partial charge in [0, 0.05) is 89.3 Å². The number of piperazine rings is 1. The Morgan fingerprint density at radius 3 is 2.28 bits per heavy atom. The molecule has 11 heteroatoms. The molecule has 1 aromatic carbocycles. The largest absolute Gasteiger partial charge is 0.493 e. The zero-order valence-electron chi connectivity index (χ0n) is 31.6. The van der Waals surface area contributed by atoms with Gasteiger partial charge in [-0.15, -0.1) is 0 Å². The molecule has 2 aromatic heterocycles. The number of likely N-dealkylation sites (tertiary alicyclic amines) is 1. The highest BCUT2D eigenvalue weighted by molar-refractivity contribution is 5.59. The van der Waals surface area contributed by atoms with Gasteiger partial charge in [-0.3, -0.25) is 0 Å². The van der Waals surface area contributed by atoms with Crippen LogP contribution in [0.4, 0.5) is 11.5 Å². The third kappa shape index (κ3) is 12.5. The average Bonchev–Trinajstić information content (AvgIpc) is 3.71. The number of unbranched alkanes of at least 4 members (excludes halogenated alkanes) is 2. The van der Waals surface area contributed by atoms with Crippen LogP contribution in [-0.2, 0) is 20.7 Å². The van der Waals surface area contributed by atoms with E-state index in [0.29, 0.717) is 23.9 Å². The minimum absolute atomic E-state index is 0.137. The average molecular weight is 692 g/mol. The molecule has 276 valence electrons. The van der Waals surface area contributed by atoms with Gasteiger partial charge in [-0.25, -0.2) is 9.67 Å². The predicted molar refractivity (Wildman–Crippen MR) is 203 cm³/mol. The molecule has 0 bridgehead atoms. The molecule has 0 radical (unpaired) electrons. The molecule has 5 rings (SSSR count). The van der Waals surface area contributed by atoms with Crippen molar-refractivity contribution >= 4 is 24.1 Å². The molecule has 2 aliphatic heterocycles. The fraction of sp³-hybridized carbons (Fsp3) is 0.590. The molecule has 50 heavy (non-hydrogen) atoms. The zero-order valence-corrected chi connectivity index (χ0v) is 31.6. The van der Waals surface area contributed by atoms with E-state index >= 15 is 0 Å². The van der Waals surface area contributed by atoms with Gasteiger partial charge in [-0.1, -0.05) is 13.3 Å². The Hall–Kier alpha value is -3.80. The quantitative estimate of drug-likeness (QED) is 0.172. The first kappa shape index (κ1) is 40.6. The van der Waals surface area contributed by atoms with Crippen molar-refractivity contribution in [1.82, 2.24) is 24.6 Å². The highest BCUT2D eigenvalue weighted by atomic mass is 16.5. The van der Waals surface area contributed by atoms with E-state index in [-0.39, 0.29) is 5.92 Å². The summed E-state index contributed by atoms with van der Waals surface area (Å²) in [5.41, 5.74) is 12.7. The number of pyridine rings is 1. The van der Waals surface area contributed by atoms with Crippen LogP contribution in [0.15, 0.2) is 36.4 Å². The number of nitrogen functional groups attached to an aromatic ring is 1. The Kier molecular flexibility index (Phi) is 17.4. The van der Waals surface area contributed by atoms with Gasteiger partial charge in [0.15, 0.2) is 11.6 Å². The summed E-state index contributed by atoms with van der Waals surface area (Å²) in [4.78, 5) is 33.4. The van der Waals surface area contributed by atoms with E-state index in [1.165, 1.54) is 11.3 Å². The summed E-state index contributed by atoms with van der Waals surface area (Å²) in [6.45, 7) is 13.3. The second-order valence-corrected chi connectivity index (χ2v) is 13.6. The van der Waals surface area contributed by atoms with Crippen molar-refractivity contribution in [2.24, 2.45) is 5.92 Å². The summed E-state index contributed by atoms with van der Waals surface area (Å²) in [6, 6.07) is 12.9. The number of benzene rings is 1. The molecule has 4 heterocycles. The number of aryl methyl sites for hydroxylation is 3. The highest BCUT2D eigenvalue weighted by Gasteiger charge is 2.27. The summed E-state index contributed by atoms with van der Waals surface area (Å²) >= 11 is 0. The summed E-state index contributed by atoms with van der Waals surface area (Å²) in [5, 5.41) is 4.79. The smallest absolute Gasteiger partial charge is 0.166 e. The van der Waals surface area contributed by atoms with Crippen molar-refractivity contribution in [1.29, 1.82) is 0 Å². The van der Waals surface area contributed by atoms with E-state index in [1.54, 1.807) is 21.3 Å². The Labute approximate surface area is 300 Å². The number of carbonyl (C=O) groups is 2. The van der Waals surface area contributed by atoms with Gasteiger partial charge in [0.2, 0.25) is 0 Å². The predicted octanol–water partition coefficient (Wildman–Crippen LogP) is 5.49. The first-order chi connectivity index (χ1) is 24.1. The number of rotatable bonds is 14. The molecule has 0 aliphatic carbocycles. The van der Waals surface area contributed by atoms with Crippen molar-refractivity contribution < 1.29 is 19.1 Å². The van der Waals surface area contributed by atoms with Gasteiger partial charge in [0.1, 0.15) is 12.6 Å². The number of ether oxygens (including phenoxy) is 2. The minimum Gasteiger partial charge on any atom is -0.493 e. The number of carbonyl (C=O) groups excluding carboxylic acids is 2. The van der Waals surface area contributed by atoms with E-state index in [4.69, 9.17) is 15.6 Å². The van der Waals surface area contributed by atoms with Crippen molar-refractivity contribution in [3.05, 3.63) is 59.0 Å². The molecule has 2 aliphatic rings. The molecule has 2 fully saturated rings. The van der Waals surface area contributed by atoms with Crippen LogP contribution in [0.1, 0.15) is 74.0 Å². The van der Waals surface area contributed by atoms with Crippen molar-refractivity contribution in [2.75, 3.05) is 84.8 Å². The van der Waals surface area contributed by atoms with Gasteiger partial charge in [0.25, 0.3) is 0 Å². The maximum Gasteiger partial charge on any atom is 0.166 e. The fourth-order valence-corrected chi connectivity index (χ4v) is 6.63. The maximum atomic E-state index is 11.9. The lowest BCUT2D eigenvalue weighted by Gasteiger charge is -2.35. The van der Waals surface area contributed by atoms with Crippen LogP contribution in [0, 0.1) is 19.8 Å². The standard InChI is InChI=1S/C32H45N7O2.C5H10O.C2H6O/c1-23-17-24(2)39(35-23)30-19-27(18-29(20-30)38-14-12-36(3)13-15-38)26(10-16-40)22-37-11-9-25(21-37)5-6-28-7-8-31(41-4)32(33)34-28;1-2-3-4-5-6;1-3-2/h7-8,16-20,25-26H,5-6,9-15,21-22H2,1-4H3,(H2,33,34);5H,2-4H2,1H3;1-2H3/t25-,26-;;/m1../s1. The number of hydrogen-bond acceptors (Lipinski definition) is 10. The molecule has 2 atom stereocenters. The van der Waals surface area contributed by atoms with E-state index in [0.717, 1.165) is 120 Å². The zero-order chi connectivity index (χ0) is 36.5. The van der Waals surface area contributed by atoms with Crippen molar-refractivity contribution in [2.45, 2.75) is 71.6 Å². The van der Waals surface area contributed by atoms with Crippen molar-refractivity contribution in [3.8, 4) is 11.4 Å². The lowest BCUT2D eigenvalue weighted by Crippen LogP contribution is -2.44. The Balaban J connectivity index is 0.000000670. The van der Waals surface area contributed by atoms with Gasteiger partial charge >= 0.3 is 0 Å². The molecule has 2 saturated heterocycles. The molecule has 3 aromatic rings. The van der Waals surface area contributed by atoms with Crippen LogP contribution in [0.2, 0.25) is 0 Å². The second-order valence-electron chi connectivity index (χ2n) is 13.6. The minimum atomic E-state index is 0.137. The topological polar surface area (TPSA) is 119 Å². The SMILES string of the molecule is CCCCC=O.COC.COc1ccc(CC[C@@H]2CCN(C[C@@H](CC=O)c3cc(N4CCN(C)CC4)cc(-n4nc(C)cc4C)c3)C2)nc1N. The number of likely N-dealkylation sites (N-methyl/N-ethyl adjacent to an activating group) is 1. The number of methoxy groups -OCH3 is 2. The Bertz CT molecular complexity index is 1450. The molecule has 0 amide bonds. The summed E-state index contributed by atoms with van der Waals surface area (Å²) in [6.07, 6.45) is 8.61. The van der Waals surface area contributed by atoms with Crippen LogP contribution < -0.4 is 15.4 Å². The number of nitrogens with two attached hydrogens (primary N) is 1. The van der Waals surface area contributed by atoms with E-state index in [9.17, 15) is 9.59 Å². The van der Waals surface area contributed by atoms with Crippen LogP contribution >= 0.6 is 0 Å². The summed E-state index contributed by atoms with van der Waals surface area (Å²) < 4.78 is 11.5. The van der Waals surface area contributed by atoms with Gasteiger partial charge < -0.3 is 39.5 Å². The third-order valence-electron chi connectivity index (χ3n) is 9.40. The maximum absolute atomic E-state index is 11.9. The van der Waals surface area contributed by atoms with Gasteiger partial charge in [-0.2, -0.15) is 5.10 Å². The highest BCUT2D eigenvalue weighted by Crippen LogP contribution is 2.32. The number of aromatic nitrogens is 3. The summed E-state index contributed by atoms with van der Waals surface area (Å²) in [7, 11) is 7.04. The van der Waals surface area contributed by atoms with E-state index in [1.807, 2.05) is 23.7 Å². The Morgan fingerprint density at radius 2 is 1.70 bits per heavy atom. The summed E-state index contributed by atoms with van der Waals surface area (Å²) in [5.74, 6) is 1.82. The number of aldehydes is 2. The molecular weight excluding hydrogens is 630 g/mol. The molecular formula is C39H61N7O4. The molecule has 0 saturated carbocycles.